The highest BCUT2D eigenvalue weighted by Crippen LogP contribution is 2.29. The van der Waals surface area contributed by atoms with E-state index in [2.05, 4.69) is 0 Å². The zero-order valence-electron chi connectivity index (χ0n) is 13.2. The Labute approximate surface area is 126 Å². The van der Waals surface area contributed by atoms with E-state index in [0.717, 1.165) is 25.7 Å². The van der Waals surface area contributed by atoms with E-state index >= 15 is 0 Å². The summed E-state index contributed by atoms with van der Waals surface area (Å²) in [6.45, 7) is 5.92. The number of carboxylic acid groups (broad SMARTS) is 1. The number of aliphatic hydroxyl groups is 1. The van der Waals surface area contributed by atoms with Crippen LogP contribution in [0.4, 0.5) is 4.79 Å². The molecule has 0 aromatic carbocycles. The minimum absolute atomic E-state index is 0.187. The van der Waals surface area contributed by atoms with Gasteiger partial charge in [0.05, 0.1) is 0 Å². The summed E-state index contributed by atoms with van der Waals surface area (Å²) in [5.74, 6) is -0.781. The highest BCUT2D eigenvalue weighted by molar-refractivity contribution is 5.80. The van der Waals surface area contributed by atoms with Crippen molar-refractivity contribution in [2.75, 3.05) is 13.2 Å². The van der Waals surface area contributed by atoms with Crippen LogP contribution in [-0.2, 0) is 9.53 Å². The molecule has 1 aliphatic heterocycles. The Balaban J connectivity index is 2.57. The normalized spacial score (nSPS) is 22.4. The smallest absolute Gasteiger partial charge is 0.411 e. The second kappa shape index (κ2) is 7.64. The highest BCUT2D eigenvalue weighted by atomic mass is 16.6. The second-order valence-electron chi connectivity index (χ2n) is 6.66. The van der Waals surface area contributed by atoms with Crippen molar-refractivity contribution in [3.63, 3.8) is 0 Å². The molecule has 1 aliphatic rings. The number of aliphatic carboxylic acids is 1. The summed E-state index contributed by atoms with van der Waals surface area (Å²) in [6, 6.07) is -0.789. The van der Waals surface area contributed by atoms with Gasteiger partial charge >= 0.3 is 12.1 Å². The Bertz CT molecular complexity index is 364. The molecule has 1 amide bonds. The maximum Gasteiger partial charge on any atom is 0.411 e. The Morgan fingerprint density at radius 2 is 1.90 bits per heavy atom. The van der Waals surface area contributed by atoms with Gasteiger partial charge < -0.3 is 14.9 Å². The van der Waals surface area contributed by atoms with Crippen molar-refractivity contribution < 1.29 is 24.5 Å². The number of rotatable bonds is 6. The largest absolute Gasteiger partial charge is 0.480 e. The van der Waals surface area contributed by atoms with Gasteiger partial charge in [-0.2, -0.15) is 0 Å². The molecule has 0 unspecified atom stereocenters. The van der Waals surface area contributed by atoms with Gasteiger partial charge in [0.2, 0.25) is 0 Å². The molecule has 1 heterocycles. The molecule has 0 bridgehead atoms. The summed E-state index contributed by atoms with van der Waals surface area (Å²) in [4.78, 5) is 24.8. The van der Waals surface area contributed by atoms with Crippen LogP contribution >= 0.6 is 0 Å². The van der Waals surface area contributed by atoms with Crippen LogP contribution in [0.3, 0.4) is 0 Å². The van der Waals surface area contributed by atoms with Crippen LogP contribution in [0.25, 0.3) is 0 Å². The van der Waals surface area contributed by atoms with E-state index in [1.54, 1.807) is 20.8 Å². The van der Waals surface area contributed by atoms with Crippen molar-refractivity contribution >= 4 is 12.1 Å². The van der Waals surface area contributed by atoms with Gasteiger partial charge in [0.15, 0.2) is 0 Å². The van der Waals surface area contributed by atoms with Crippen LogP contribution in [0.2, 0.25) is 0 Å². The number of carbonyl (C=O) groups is 2. The lowest BCUT2D eigenvalue weighted by molar-refractivity contribution is -0.142. The quantitative estimate of drug-likeness (QED) is 0.735. The first-order valence-corrected chi connectivity index (χ1v) is 7.58. The van der Waals surface area contributed by atoms with Gasteiger partial charge in [-0.25, -0.2) is 9.59 Å². The zero-order chi connectivity index (χ0) is 16.0. The van der Waals surface area contributed by atoms with E-state index in [1.165, 1.54) is 4.90 Å². The number of unbranched alkanes of at least 4 members (excludes halogenated alkanes) is 2. The molecule has 1 fully saturated rings. The number of likely N-dealkylation sites (tertiary alicyclic amines) is 1. The highest BCUT2D eigenvalue weighted by Gasteiger charge is 2.41. The third-order valence-electron chi connectivity index (χ3n) is 3.57. The molecule has 0 aliphatic carbocycles. The number of carboxylic acids is 1. The molecule has 122 valence electrons. The second-order valence-corrected chi connectivity index (χ2v) is 6.66. The summed E-state index contributed by atoms with van der Waals surface area (Å²) in [6.07, 6.45) is 3.45. The number of nitrogens with zero attached hydrogens (tertiary/aromatic N) is 1. The summed E-state index contributed by atoms with van der Waals surface area (Å²) in [7, 11) is 0. The number of hydrogen-bond donors (Lipinski definition) is 2. The molecule has 0 saturated carbocycles. The van der Waals surface area contributed by atoms with Gasteiger partial charge in [-0.3, -0.25) is 4.90 Å². The van der Waals surface area contributed by atoms with E-state index in [0.29, 0.717) is 13.0 Å². The van der Waals surface area contributed by atoms with Gasteiger partial charge in [-0.15, -0.1) is 0 Å². The molecule has 1 rings (SSSR count). The minimum Gasteiger partial charge on any atom is -0.480 e. The van der Waals surface area contributed by atoms with Crippen LogP contribution < -0.4 is 0 Å². The number of hydrogen-bond acceptors (Lipinski definition) is 4. The first kappa shape index (κ1) is 17.8. The van der Waals surface area contributed by atoms with Gasteiger partial charge in [0.1, 0.15) is 11.6 Å². The van der Waals surface area contributed by atoms with Crippen molar-refractivity contribution in [2.45, 2.75) is 64.5 Å². The lowest BCUT2D eigenvalue weighted by Crippen LogP contribution is -2.43. The Kier molecular flexibility index (Phi) is 6.45. The molecule has 1 saturated heterocycles. The fourth-order valence-corrected chi connectivity index (χ4v) is 2.61. The molecular formula is C15H27NO5. The average molecular weight is 301 g/mol. The summed E-state index contributed by atoms with van der Waals surface area (Å²) >= 11 is 0. The molecule has 2 atom stereocenters. The zero-order valence-corrected chi connectivity index (χ0v) is 13.2. The first-order chi connectivity index (χ1) is 9.74. The lowest BCUT2D eigenvalue weighted by Gasteiger charge is -2.26. The monoisotopic (exact) mass is 301 g/mol. The van der Waals surface area contributed by atoms with E-state index in [-0.39, 0.29) is 12.5 Å². The number of aliphatic hydroxyl groups excluding tert-OH is 1. The molecule has 21 heavy (non-hydrogen) atoms. The van der Waals surface area contributed by atoms with Crippen LogP contribution in [-0.4, -0.2) is 52.0 Å². The SMILES string of the molecule is CC(C)(C)OC(=O)N1C[C@@H](CCCCCO)C[C@H]1C(=O)O. The van der Waals surface area contributed by atoms with Crippen molar-refractivity contribution in [3.05, 3.63) is 0 Å². The predicted octanol–water partition coefficient (Wildman–Crippen LogP) is 2.25. The number of carbonyl (C=O) groups excluding carboxylic acids is 1. The standard InChI is InChI=1S/C15H27NO5/c1-15(2,3)21-14(20)16-10-11(7-5-4-6-8-17)9-12(16)13(18)19/h11-12,17H,4-10H2,1-3H3,(H,18,19)/t11-,12-/m0/s1. The van der Waals surface area contributed by atoms with E-state index < -0.39 is 23.7 Å². The summed E-state index contributed by atoms with van der Waals surface area (Å²) < 4.78 is 5.28. The molecule has 0 aromatic rings. The minimum atomic E-state index is -0.973. The molecule has 2 N–H and O–H groups in total. The van der Waals surface area contributed by atoms with Gasteiger partial charge in [0.25, 0.3) is 0 Å². The molecule has 0 aromatic heterocycles. The van der Waals surface area contributed by atoms with Crippen LogP contribution in [0, 0.1) is 5.92 Å². The van der Waals surface area contributed by atoms with E-state index in [1.807, 2.05) is 0 Å². The van der Waals surface area contributed by atoms with Crippen LogP contribution in [0.5, 0.6) is 0 Å². The van der Waals surface area contributed by atoms with E-state index in [9.17, 15) is 14.7 Å². The summed E-state index contributed by atoms with van der Waals surface area (Å²) in [5, 5.41) is 18.0. The van der Waals surface area contributed by atoms with Crippen molar-refractivity contribution in [1.82, 2.24) is 4.90 Å². The Morgan fingerprint density at radius 1 is 1.24 bits per heavy atom. The number of amides is 1. The Hall–Kier alpha value is -1.30. The Morgan fingerprint density at radius 3 is 2.43 bits per heavy atom. The van der Waals surface area contributed by atoms with Crippen molar-refractivity contribution in [2.24, 2.45) is 5.92 Å². The van der Waals surface area contributed by atoms with Crippen LogP contribution in [0.1, 0.15) is 52.9 Å². The fraction of sp³-hybridized carbons (Fsp3) is 0.867. The van der Waals surface area contributed by atoms with Crippen molar-refractivity contribution in [1.29, 1.82) is 0 Å². The van der Waals surface area contributed by atoms with Gasteiger partial charge in [-0.05, 0) is 46.0 Å². The predicted molar refractivity (Wildman–Crippen MR) is 78.0 cm³/mol. The molecule has 6 nitrogen and oxygen atoms in total. The molecule has 0 radical (unpaired) electrons. The average Bonchev–Trinajstić information content (AvgIpc) is 2.77. The molecule has 6 heteroatoms. The van der Waals surface area contributed by atoms with Crippen molar-refractivity contribution in [3.8, 4) is 0 Å². The first-order valence-electron chi connectivity index (χ1n) is 7.58. The van der Waals surface area contributed by atoms with Gasteiger partial charge in [-0.1, -0.05) is 12.8 Å². The van der Waals surface area contributed by atoms with Gasteiger partial charge in [0, 0.05) is 13.2 Å². The third-order valence-corrected chi connectivity index (χ3v) is 3.57. The maximum atomic E-state index is 12.1. The third kappa shape index (κ3) is 5.91. The maximum absolute atomic E-state index is 12.1. The summed E-state index contributed by atoms with van der Waals surface area (Å²) in [5.41, 5.74) is -0.626. The number of ether oxygens (including phenoxy) is 1. The molecule has 0 spiro atoms. The lowest BCUT2D eigenvalue weighted by atomic mass is 9.98. The molecular weight excluding hydrogens is 274 g/mol. The van der Waals surface area contributed by atoms with Crippen LogP contribution in [0.15, 0.2) is 0 Å². The topological polar surface area (TPSA) is 87.1 Å². The van der Waals surface area contributed by atoms with E-state index in [4.69, 9.17) is 9.84 Å². The fourth-order valence-electron chi connectivity index (χ4n) is 2.61.